The largest absolute Gasteiger partial charge is 0.465 e. The molecule has 0 unspecified atom stereocenters. The lowest BCUT2D eigenvalue weighted by Crippen LogP contribution is -2.37. The normalized spacial score (nSPS) is 15.6. The zero-order valence-electron chi connectivity index (χ0n) is 12.2. The van der Waals surface area contributed by atoms with E-state index in [1.165, 1.54) is 4.90 Å². The number of hydrogen-bond donors (Lipinski definition) is 2. The van der Waals surface area contributed by atoms with Crippen LogP contribution in [0.5, 0.6) is 0 Å². The van der Waals surface area contributed by atoms with Gasteiger partial charge in [-0.05, 0) is 25.0 Å². The first-order valence-electron chi connectivity index (χ1n) is 7.24. The summed E-state index contributed by atoms with van der Waals surface area (Å²) in [6.07, 6.45) is 3.51. The number of H-pyrrole nitrogens is 1. The van der Waals surface area contributed by atoms with Crippen LogP contribution in [0.3, 0.4) is 0 Å². The van der Waals surface area contributed by atoms with Crippen molar-refractivity contribution in [3.05, 3.63) is 45.6 Å². The first-order valence-corrected chi connectivity index (χ1v) is 7.62. The number of halogens is 1. The van der Waals surface area contributed by atoms with E-state index in [4.69, 9.17) is 16.7 Å². The molecule has 0 aromatic carbocycles. The molecular weight excluding hydrogens is 320 g/mol. The van der Waals surface area contributed by atoms with Crippen LogP contribution in [0.2, 0.25) is 5.02 Å². The number of aromatic amines is 1. The Kier molecular flexibility index (Phi) is 4.29. The highest BCUT2D eigenvalue weighted by Gasteiger charge is 2.27. The zero-order valence-corrected chi connectivity index (χ0v) is 13.0. The molecule has 120 valence electrons. The molecule has 0 bridgehead atoms. The number of carbonyl (C=O) groups is 1. The summed E-state index contributed by atoms with van der Waals surface area (Å²) in [5.74, 6) is 0.415. The number of amides is 1. The summed E-state index contributed by atoms with van der Waals surface area (Å²) in [6.45, 7) is 0.824. The number of hydrogen-bond acceptors (Lipinski definition) is 4. The van der Waals surface area contributed by atoms with Crippen molar-refractivity contribution >= 4 is 17.7 Å². The van der Waals surface area contributed by atoms with Gasteiger partial charge < -0.3 is 15.0 Å². The molecule has 1 saturated heterocycles. The maximum atomic E-state index is 12.1. The summed E-state index contributed by atoms with van der Waals surface area (Å²) in [5, 5.41) is 9.09. The molecule has 0 saturated carbocycles. The minimum Gasteiger partial charge on any atom is -0.465 e. The molecule has 0 aliphatic carbocycles. The van der Waals surface area contributed by atoms with Crippen LogP contribution in [0, 0.1) is 0 Å². The van der Waals surface area contributed by atoms with Crippen LogP contribution in [0.25, 0.3) is 11.4 Å². The minimum absolute atomic E-state index is 0.0269. The van der Waals surface area contributed by atoms with Crippen molar-refractivity contribution in [3.8, 4) is 11.4 Å². The molecule has 7 nitrogen and oxygen atoms in total. The summed E-state index contributed by atoms with van der Waals surface area (Å²) in [7, 11) is 0. The molecule has 3 rings (SSSR count). The summed E-state index contributed by atoms with van der Waals surface area (Å²) < 4.78 is 0. The maximum absolute atomic E-state index is 12.1. The maximum Gasteiger partial charge on any atom is 0.407 e. The van der Waals surface area contributed by atoms with E-state index in [1.54, 1.807) is 24.5 Å². The summed E-state index contributed by atoms with van der Waals surface area (Å²) >= 11 is 6.14. The molecular formula is C15H15ClN4O3. The highest BCUT2D eigenvalue weighted by Crippen LogP contribution is 2.30. The van der Waals surface area contributed by atoms with Crippen LogP contribution in [-0.2, 0) is 0 Å². The molecule has 1 amide bonds. The van der Waals surface area contributed by atoms with Gasteiger partial charge in [-0.25, -0.2) is 9.78 Å². The second-order valence-electron chi connectivity index (χ2n) is 5.39. The lowest BCUT2D eigenvalue weighted by molar-refractivity contribution is 0.131. The molecule has 23 heavy (non-hydrogen) atoms. The number of carboxylic acid groups (broad SMARTS) is 1. The van der Waals surface area contributed by atoms with Gasteiger partial charge in [0.05, 0.1) is 5.69 Å². The number of rotatable bonds is 2. The molecule has 1 aliphatic rings. The van der Waals surface area contributed by atoms with Crippen LogP contribution >= 0.6 is 11.6 Å². The zero-order chi connectivity index (χ0) is 16.4. The topological polar surface area (TPSA) is 99.2 Å². The molecule has 0 spiro atoms. The molecule has 1 aliphatic heterocycles. The third-order valence-corrected chi connectivity index (χ3v) is 4.36. The number of likely N-dealkylation sites (tertiary alicyclic amines) is 1. The number of pyridine rings is 1. The van der Waals surface area contributed by atoms with Crippen molar-refractivity contribution in [1.29, 1.82) is 0 Å². The van der Waals surface area contributed by atoms with Gasteiger partial charge in [0.15, 0.2) is 0 Å². The average molecular weight is 335 g/mol. The Morgan fingerprint density at radius 3 is 2.57 bits per heavy atom. The lowest BCUT2D eigenvalue weighted by atomic mass is 9.93. The average Bonchev–Trinajstić information content (AvgIpc) is 2.58. The van der Waals surface area contributed by atoms with Gasteiger partial charge in [-0.15, -0.1) is 0 Å². The SMILES string of the molecule is O=C(O)N1CCC(c2nc(-c3ccncc3)[nH]c(=O)c2Cl)CC1. The molecule has 2 aromatic heterocycles. The fraction of sp³-hybridized carbons (Fsp3) is 0.333. The van der Waals surface area contributed by atoms with Gasteiger partial charge in [0.25, 0.3) is 5.56 Å². The van der Waals surface area contributed by atoms with Gasteiger partial charge in [0.2, 0.25) is 0 Å². The third-order valence-electron chi connectivity index (χ3n) is 3.99. The number of piperidine rings is 1. The monoisotopic (exact) mass is 334 g/mol. The van der Waals surface area contributed by atoms with Crippen LogP contribution < -0.4 is 5.56 Å². The van der Waals surface area contributed by atoms with E-state index in [0.29, 0.717) is 37.4 Å². The summed E-state index contributed by atoms with van der Waals surface area (Å²) in [5.41, 5.74) is 0.898. The Morgan fingerprint density at radius 1 is 1.30 bits per heavy atom. The highest BCUT2D eigenvalue weighted by molar-refractivity contribution is 6.31. The molecule has 2 aromatic rings. The Balaban J connectivity index is 1.92. The van der Waals surface area contributed by atoms with Crippen molar-refractivity contribution in [1.82, 2.24) is 19.9 Å². The van der Waals surface area contributed by atoms with Crippen molar-refractivity contribution < 1.29 is 9.90 Å². The van der Waals surface area contributed by atoms with Gasteiger partial charge in [-0.1, -0.05) is 11.6 Å². The highest BCUT2D eigenvalue weighted by atomic mass is 35.5. The van der Waals surface area contributed by atoms with E-state index in [0.717, 1.165) is 5.56 Å². The quantitative estimate of drug-likeness (QED) is 0.878. The van der Waals surface area contributed by atoms with E-state index >= 15 is 0 Å². The van der Waals surface area contributed by atoms with Crippen LogP contribution in [-0.4, -0.2) is 44.1 Å². The van der Waals surface area contributed by atoms with E-state index < -0.39 is 6.09 Å². The predicted octanol–water partition coefficient (Wildman–Crippen LogP) is 2.34. The van der Waals surface area contributed by atoms with Gasteiger partial charge in [-0.2, -0.15) is 0 Å². The first-order chi connectivity index (χ1) is 11.1. The Hall–Kier alpha value is -2.41. The Labute approximate surface area is 137 Å². The Morgan fingerprint density at radius 2 is 1.96 bits per heavy atom. The lowest BCUT2D eigenvalue weighted by Gasteiger charge is -2.30. The number of nitrogens with one attached hydrogen (secondary N) is 1. The summed E-state index contributed by atoms with van der Waals surface area (Å²) in [6, 6.07) is 3.51. The van der Waals surface area contributed by atoms with Crippen molar-refractivity contribution in [2.24, 2.45) is 0 Å². The Bertz CT molecular complexity index is 770. The molecule has 3 heterocycles. The molecule has 2 N–H and O–H groups in total. The van der Waals surface area contributed by atoms with Gasteiger partial charge >= 0.3 is 6.09 Å². The summed E-state index contributed by atoms with van der Waals surface area (Å²) in [4.78, 5) is 35.6. The van der Waals surface area contributed by atoms with Crippen LogP contribution in [0.1, 0.15) is 24.5 Å². The van der Waals surface area contributed by atoms with Crippen molar-refractivity contribution in [3.63, 3.8) is 0 Å². The van der Waals surface area contributed by atoms with E-state index in [2.05, 4.69) is 15.0 Å². The van der Waals surface area contributed by atoms with E-state index in [-0.39, 0.29) is 16.5 Å². The molecule has 0 radical (unpaired) electrons. The number of aromatic nitrogens is 3. The third kappa shape index (κ3) is 3.19. The van der Waals surface area contributed by atoms with E-state index in [9.17, 15) is 9.59 Å². The first kappa shape index (κ1) is 15.5. The van der Waals surface area contributed by atoms with Crippen molar-refractivity contribution in [2.45, 2.75) is 18.8 Å². The van der Waals surface area contributed by atoms with Gasteiger partial charge in [0.1, 0.15) is 10.8 Å². The molecule has 1 fully saturated rings. The van der Waals surface area contributed by atoms with E-state index in [1.807, 2.05) is 0 Å². The smallest absolute Gasteiger partial charge is 0.407 e. The van der Waals surface area contributed by atoms with Gasteiger partial charge in [0, 0.05) is 37.0 Å². The predicted molar refractivity (Wildman–Crippen MR) is 84.7 cm³/mol. The minimum atomic E-state index is -0.925. The van der Waals surface area contributed by atoms with Crippen LogP contribution in [0.15, 0.2) is 29.3 Å². The fourth-order valence-corrected chi connectivity index (χ4v) is 2.98. The van der Waals surface area contributed by atoms with Crippen LogP contribution in [0.4, 0.5) is 4.79 Å². The standard InChI is InChI=1S/C15H15ClN4O3/c16-11-12(9-3-7-20(8-4-9)15(22)23)18-13(19-14(11)21)10-1-5-17-6-2-10/h1-2,5-6,9H,3-4,7-8H2,(H,22,23)(H,18,19,21). The second kappa shape index (κ2) is 6.37. The molecule has 8 heteroatoms. The number of nitrogens with zero attached hydrogens (tertiary/aromatic N) is 3. The molecule has 0 atom stereocenters. The fourth-order valence-electron chi connectivity index (χ4n) is 2.74. The second-order valence-corrected chi connectivity index (χ2v) is 5.77. The van der Waals surface area contributed by atoms with Gasteiger partial charge in [-0.3, -0.25) is 9.78 Å². The van der Waals surface area contributed by atoms with Crippen molar-refractivity contribution in [2.75, 3.05) is 13.1 Å².